The van der Waals surface area contributed by atoms with E-state index in [1.165, 1.54) is 30.1 Å². The lowest BCUT2D eigenvalue weighted by Crippen LogP contribution is -2.43. The Bertz CT molecular complexity index is 690. The Morgan fingerprint density at radius 2 is 2.14 bits per heavy atom. The maximum absolute atomic E-state index is 13.0. The summed E-state index contributed by atoms with van der Waals surface area (Å²) in [6.45, 7) is -0.262. The van der Waals surface area contributed by atoms with Gasteiger partial charge in [0, 0.05) is 18.7 Å². The lowest BCUT2D eigenvalue weighted by Gasteiger charge is -2.23. The van der Waals surface area contributed by atoms with Crippen LogP contribution in [0.2, 0.25) is 0 Å². The molecule has 0 radical (unpaired) electrons. The van der Waals surface area contributed by atoms with Crippen LogP contribution in [0.4, 0.5) is 4.39 Å². The van der Waals surface area contributed by atoms with E-state index in [1.54, 1.807) is 0 Å². The number of rotatable bonds is 4. The van der Waals surface area contributed by atoms with Gasteiger partial charge < -0.3 is 10.2 Å². The molecule has 2 rings (SSSR count). The van der Waals surface area contributed by atoms with Crippen LogP contribution >= 0.6 is 0 Å². The number of nitrogens with zero attached hydrogens (tertiary/aromatic N) is 1. The average Bonchev–Trinajstić information content (AvgIpc) is 2.83. The zero-order chi connectivity index (χ0) is 16.3. The molecule has 2 amide bonds. The molecule has 120 valence electrons. The van der Waals surface area contributed by atoms with Crippen molar-refractivity contribution in [1.29, 1.82) is 0 Å². The van der Waals surface area contributed by atoms with E-state index >= 15 is 0 Å². The predicted octanol–water partition coefficient (Wildman–Crippen LogP) is 0.201. The maximum atomic E-state index is 13.0. The molecular weight excluding hydrogens is 311 g/mol. The molecule has 6 nitrogen and oxygen atoms in total. The minimum Gasteiger partial charge on any atom is -0.343 e. The van der Waals surface area contributed by atoms with E-state index in [1.807, 2.05) is 0 Å². The molecule has 1 aliphatic heterocycles. The maximum Gasteiger partial charge on any atom is 0.251 e. The van der Waals surface area contributed by atoms with Crippen LogP contribution < -0.4 is 5.32 Å². The van der Waals surface area contributed by atoms with Crippen molar-refractivity contribution >= 4 is 21.7 Å². The molecule has 1 saturated heterocycles. The minimum atomic E-state index is -3.08. The smallest absolute Gasteiger partial charge is 0.251 e. The van der Waals surface area contributed by atoms with Gasteiger partial charge in [0.1, 0.15) is 5.82 Å². The highest BCUT2D eigenvalue weighted by atomic mass is 32.2. The molecule has 1 aromatic carbocycles. The van der Waals surface area contributed by atoms with E-state index in [-0.39, 0.29) is 35.6 Å². The number of sulfone groups is 1. The van der Waals surface area contributed by atoms with Gasteiger partial charge in [0.2, 0.25) is 5.91 Å². The number of likely N-dealkylation sites (N-methyl/N-ethyl adjacent to an activating group) is 1. The third-order valence-corrected chi connectivity index (χ3v) is 5.39. The number of carbonyl (C=O) groups is 2. The minimum absolute atomic E-state index is 0.0485. The first-order chi connectivity index (χ1) is 10.3. The number of carbonyl (C=O) groups excluding carboxylic acids is 2. The van der Waals surface area contributed by atoms with Crippen LogP contribution in [-0.4, -0.2) is 56.3 Å². The average molecular weight is 328 g/mol. The number of hydrogen-bond donors (Lipinski definition) is 1. The number of nitrogens with one attached hydrogen (secondary N) is 1. The molecular formula is C14H17FN2O4S. The second-order valence-corrected chi connectivity index (χ2v) is 7.48. The van der Waals surface area contributed by atoms with Crippen LogP contribution in [0.15, 0.2) is 24.3 Å². The first-order valence-electron chi connectivity index (χ1n) is 6.78. The van der Waals surface area contributed by atoms with Crippen molar-refractivity contribution in [2.24, 2.45) is 0 Å². The Morgan fingerprint density at radius 1 is 1.41 bits per heavy atom. The molecule has 1 fully saturated rings. The molecule has 0 saturated carbocycles. The van der Waals surface area contributed by atoms with Gasteiger partial charge in [0.05, 0.1) is 18.1 Å². The zero-order valence-electron chi connectivity index (χ0n) is 12.1. The first kappa shape index (κ1) is 16.4. The largest absolute Gasteiger partial charge is 0.343 e. The van der Waals surface area contributed by atoms with Gasteiger partial charge in [0.15, 0.2) is 9.84 Å². The van der Waals surface area contributed by atoms with E-state index < -0.39 is 21.6 Å². The van der Waals surface area contributed by atoms with Gasteiger partial charge in [-0.15, -0.1) is 0 Å². The number of hydrogen-bond acceptors (Lipinski definition) is 4. The standard InChI is InChI=1S/C14H17FN2O4S/c1-17(12-5-6-22(20,21)9-12)13(18)8-16-14(19)10-3-2-4-11(15)7-10/h2-4,7,12H,5-6,8-9H2,1H3,(H,16,19). The lowest BCUT2D eigenvalue weighted by atomic mass is 10.2. The van der Waals surface area contributed by atoms with E-state index in [2.05, 4.69) is 5.32 Å². The number of amides is 2. The highest BCUT2D eigenvalue weighted by molar-refractivity contribution is 7.91. The second kappa shape index (κ2) is 6.43. The van der Waals surface area contributed by atoms with E-state index in [0.717, 1.165) is 6.07 Å². The van der Waals surface area contributed by atoms with Gasteiger partial charge >= 0.3 is 0 Å². The molecule has 1 aliphatic rings. The normalized spacial score (nSPS) is 19.6. The molecule has 0 spiro atoms. The number of benzene rings is 1. The van der Waals surface area contributed by atoms with Gasteiger partial charge in [-0.1, -0.05) is 6.07 Å². The summed E-state index contributed by atoms with van der Waals surface area (Å²) in [6, 6.07) is 4.78. The Balaban J connectivity index is 1.88. The summed E-state index contributed by atoms with van der Waals surface area (Å²) in [5, 5.41) is 2.40. The molecule has 0 aliphatic carbocycles. The van der Waals surface area contributed by atoms with E-state index in [4.69, 9.17) is 0 Å². The fourth-order valence-corrected chi connectivity index (χ4v) is 4.07. The SMILES string of the molecule is CN(C(=O)CNC(=O)c1cccc(F)c1)C1CCS(=O)(=O)C1. The highest BCUT2D eigenvalue weighted by Crippen LogP contribution is 2.16. The van der Waals surface area contributed by atoms with Crippen LogP contribution in [0.25, 0.3) is 0 Å². The Morgan fingerprint density at radius 3 is 2.73 bits per heavy atom. The molecule has 1 N–H and O–H groups in total. The highest BCUT2D eigenvalue weighted by Gasteiger charge is 2.32. The second-order valence-electron chi connectivity index (χ2n) is 5.25. The van der Waals surface area contributed by atoms with Crippen molar-refractivity contribution in [2.45, 2.75) is 12.5 Å². The van der Waals surface area contributed by atoms with Crippen molar-refractivity contribution < 1.29 is 22.4 Å². The van der Waals surface area contributed by atoms with Gasteiger partial charge in [-0.25, -0.2) is 12.8 Å². The summed E-state index contributed by atoms with van der Waals surface area (Å²) in [7, 11) is -1.56. The van der Waals surface area contributed by atoms with Gasteiger partial charge in [-0.05, 0) is 24.6 Å². The summed E-state index contributed by atoms with van der Waals surface area (Å²) < 4.78 is 35.8. The van der Waals surface area contributed by atoms with Crippen molar-refractivity contribution in [3.05, 3.63) is 35.6 Å². The molecule has 8 heteroatoms. The van der Waals surface area contributed by atoms with Crippen LogP contribution in [0.3, 0.4) is 0 Å². The summed E-state index contributed by atoms with van der Waals surface area (Å²) in [5.74, 6) is -1.45. The van der Waals surface area contributed by atoms with Crippen molar-refractivity contribution in [3.63, 3.8) is 0 Å². The Labute approximate surface area is 128 Å². The summed E-state index contributed by atoms with van der Waals surface area (Å²) >= 11 is 0. The predicted molar refractivity (Wildman–Crippen MR) is 78.6 cm³/mol. The molecule has 0 aromatic heterocycles. The summed E-state index contributed by atoms with van der Waals surface area (Å²) in [4.78, 5) is 25.1. The van der Waals surface area contributed by atoms with Crippen LogP contribution in [0.1, 0.15) is 16.8 Å². The number of halogens is 1. The van der Waals surface area contributed by atoms with Crippen molar-refractivity contribution in [3.8, 4) is 0 Å². The fraction of sp³-hybridized carbons (Fsp3) is 0.429. The molecule has 1 aromatic rings. The lowest BCUT2D eigenvalue weighted by molar-refractivity contribution is -0.130. The van der Waals surface area contributed by atoms with E-state index in [0.29, 0.717) is 6.42 Å². The van der Waals surface area contributed by atoms with Crippen LogP contribution in [0.5, 0.6) is 0 Å². The quantitative estimate of drug-likeness (QED) is 0.856. The van der Waals surface area contributed by atoms with Gasteiger partial charge in [-0.2, -0.15) is 0 Å². The monoisotopic (exact) mass is 328 g/mol. The molecule has 1 atom stereocenters. The Hall–Kier alpha value is -1.96. The third kappa shape index (κ3) is 4.03. The van der Waals surface area contributed by atoms with Crippen molar-refractivity contribution in [1.82, 2.24) is 10.2 Å². The fourth-order valence-electron chi connectivity index (χ4n) is 2.30. The third-order valence-electron chi connectivity index (χ3n) is 3.64. The zero-order valence-corrected chi connectivity index (χ0v) is 12.9. The summed E-state index contributed by atoms with van der Waals surface area (Å²) in [5.41, 5.74) is 0.124. The van der Waals surface area contributed by atoms with Crippen LogP contribution in [-0.2, 0) is 14.6 Å². The van der Waals surface area contributed by atoms with Gasteiger partial charge in [0.25, 0.3) is 5.91 Å². The van der Waals surface area contributed by atoms with E-state index in [9.17, 15) is 22.4 Å². The molecule has 1 heterocycles. The van der Waals surface area contributed by atoms with Crippen molar-refractivity contribution in [2.75, 3.05) is 25.1 Å². The first-order valence-corrected chi connectivity index (χ1v) is 8.60. The Kier molecular flexibility index (Phi) is 4.80. The molecule has 22 heavy (non-hydrogen) atoms. The van der Waals surface area contributed by atoms with Crippen LogP contribution in [0, 0.1) is 5.82 Å². The molecule has 0 bridgehead atoms. The topological polar surface area (TPSA) is 83.6 Å². The van der Waals surface area contributed by atoms with Gasteiger partial charge in [-0.3, -0.25) is 9.59 Å². The molecule has 1 unspecified atom stereocenters. The summed E-state index contributed by atoms with van der Waals surface area (Å²) in [6.07, 6.45) is 0.405.